The first-order chi connectivity index (χ1) is 11.7. The largest absolute Gasteiger partial charge is 0.319 e. The van der Waals surface area contributed by atoms with E-state index in [9.17, 15) is 9.18 Å². The maximum Gasteiger partial charge on any atom is 0.259 e. The van der Waals surface area contributed by atoms with Gasteiger partial charge in [-0.2, -0.15) is 5.10 Å². The lowest BCUT2D eigenvalue weighted by Crippen LogP contribution is -2.15. The molecule has 2 aromatic carbocycles. The Kier molecular flexibility index (Phi) is 4.70. The standard InChI is InChI=1S/C19H18FN3O/c1-2-8-18-15(13-21-23(18)14-9-4-3-5-10-14)19(24)22-17-12-7-6-11-16(17)20/h3-7,9-13H,2,8H2,1H3,(H,22,24). The molecule has 0 atom stereocenters. The third-order valence-electron chi connectivity index (χ3n) is 3.72. The van der Waals surface area contributed by atoms with Gasteiger partial charge in [0.2, 0.25) is 0 Å². The fraction of sp³-hybridized carbons (Fsp3) is 0.158. The van der Waals surface area contributed by atoms with Gasteiger partial charge < -0.3 is 5.32 Å². The van der Waals surface area contributed by atoms with E-state index in [-0.39, 0.29) is 11.6 Å². The minimum Gasteiger partial charge on any atom is -0.319 e. The van der Waals surface area contributed by atoms with Crippen LogP contribution in [0.1, 0.15) is 29.4 Å². The third-order valence-corrected chi connectivity index (χ3v) is 3.72. The van der Waals surface area contributed by atoms with Crippen molar-refractivity contribution in [3.63, 3.8) is 0 Å². The van der Waals surface area contributed by atoms with Crippen LogP contribution in [-0.2, 0) is 6.42 Å². The fourth-order valence-electron chi connectivity index (χ4n) is 2.58. The Morgan fingerprint density at radius 3 is 2.54 bits per heavy atom. The molecule has 5 heteroatoms. The molecule has 0 aliphatic carbocycles. The number of hydrogen-bond donors (Lipinski definition) is 1. The summed E-state index contributed by atoms with van der Waals surface area (Å²) in [6.45, 7) is 2.04. The first-order valence-corrected chi connectivity index (χ1v) is 7.89. The first-order valence-electron chi connectivity index (χ1n) is 7.89. The molecular formula is C19H18FN3O. The summed E-state index contributed by atoms with van der Waals surface area (Å²) in [5.74, 6) is -0.816. The molecule has 1 amide bonds. The number of nitrogens with zero attached hydrogens (tertiary/aromatic N) is 2. The average Bonchev–Trinajstić information content (AvgIpc) is 3.02. The molecule has 0 unspecified atom stereocenters. The maximum absolute atomic E-state index is 13.7. The zero-order valence-electron chi connectivity index (χ0n) is 13.4. The van der Waals surface area contributed by atoms with E-state index >= 15 is 0 Å². The van der Waals surface area contributed by atoms with Gasteiger partial charge in [-0.1, -0.05) is 43.7 Å². The zero-order valence-corrected chi connectivity index (χ0v) is 13.4. The molecule has 3 aromatic rings. The van der Waals surface area contributed by atoms with Crippen molar-refractivity contribution in [2.75, 3.05) is 5.32 Å². The van der Waals surface area contributed by atoms with Crippen LogP contribution < -0.4 is 5.32 Å². The highest BCUT2D eigenvalue weighted by atomic mass is 19.1. The highest BCUT2D eigenvalue weighted by Gasteiger charge is 2.18. The Bertz CT molecular complexity index is 843. The lowest BCUT2D eigenvalue weighted by molar-refractivity contribution is 0.102. The van der Waals surface area contributed by atoms with Gasteiger partial charge in [0.05, 0.1) is 28.8 Å². The number of anilines is 1. The van der Waals surface area contributed by atoms with Gasteiger partial charge in [-0.05, 0) is 30.7 Å². The number of rotatable bonds is 5. The number of para-hydroxylation sites is 2. The van der Waals surface area contributed by atoms with Crippen LogP contribution in [0.5, 0.6) is 0 Å². The number of aromatic nitrogens is 2. The minimum absolute atomic E-state index is 0.164. The van der Waals surface area contributed by atoms with Gasteiger partial charge in [0, 0.05) is 0 Å². The molecule has 122 valence electrons. The average molecular weight is 323 g/mol. The van der Waals surface area contributed by atoms with Gasteiger partial charge in [0.15, 0.2) is 0 Å². The van der Waals surface area contributed by atoms with Crippen molar-refractivity contribution in [3.8, 4) is 5.69 Å². The third kappa shape index (κ3) is 3.20. The Hall–Kier alpha value is -2.95. The van der Waals surface area contributed by atoms with Gasteiger partial charge >= 0.3 is 0 Å². The summed E-state index contributed by atoms with van der Waals surface area (Å²) < 4.78 is 15.5. The highest BCUT2D eigenvalue weighted by Crippen LogP contribution is 2.19. The summed E-state index contributed by atoms with van der Waals surface area (Å²) in [7, 11) is 0. The smallest absolute Gasteiger partial charge is 0.259 e. The van der Waals surface area contributed by atoms with Crippen molar-refractivity contribution in [1.82, 2.24) is 9.78 Å². The quantitative estimate of drug-likeness (QED) is 0.764. The number of benzene rings is 2. The predicted octanol–water partition coefficient (Wildman–Crippen LogP) is 4.22. The number of hydrogen-bond acceptors (Lipinski definition) is 2. The monoisotopic (exact) mass is 323 g/mol. The SMILES string of the molecule is CCCc1c(C(=O)Nc2ccccc2F)cnn1-c1ccccc1. The van der Waals surface area contributed by atoms with Crippen LogP contribution >= 0.6 is 0 Å². The molecule has 0 aliphatic rings. The summed E-state index contributed by atoms with van der Waals surface area (Å²) in [4.78, 5) is 12.6. The second-order valence-electron chi connectivity index (χ2n) is 5.44. The molecule has 0 saturated carbocycles. The Labute approximate surface area is 139 Å². The molecule has 0 spiro atoms. The van der Waals surface area contributed by atoms with E-state index in [1.54, 1.807) is 16.8 Å². The molecule has 3 rings (SSSR count). The number of nitrogens with one attached hydrogen (secondary N) is 1. The summed E-state index contributed by atoms with van der Waals surface area (Å²) in [5.41, 5.74) is 2.34. The van der Waals surface area contributed by atoms with Crippen LogP contribution in [0.4, 0.5) is 10.1 Å². The molecule has 0 aliphatic heterocycles. The molecule has 24 heavy (non-hydrogen) atoms. The number of carbonyl (C=O) groups is 1. The van der Waals surface area contributed by atoms with E-state index in [0.29, 0.717) is 12.0 Å². The molecule has 0 radical (unpaired) electrons. The zero-order chi connectivity index (χ0) is 16.9. The molecule has 0 bridgehead atoms. The van der Waals surface area contributed by atoms with Crippen LogP contribution in [0.3, 0.4) is 0 Å². The van der Waals surface area contributed by atoms with Crippen molar-refractivity contribution < 1.29 is 9.18 Å². The topological polar surface area (TPSA) is 46.9 Å². The molecule has 1 aromatic heterocycles. The van der Waals surface area contributed by atoms with E-state index in [4.69, 9.17) is 0 Å². The summed E-state index contributed by atoms with van der Waals surface area (Å²) in [6, 6.07) is 15.8. The Balaban J connectivity index is 1.94. The summed E-state index contributed by atoms with van der Waals surface area (Å²) in [5, 5.41) is 6.98. The molecular weight excluding hydrogens is 305 g/mol. The van der Waals surface area contributed by atoms with E-state index in [1.165, 1.54) is 18.3 Å². The van der Waals surface area contributed by atoms with E-state index < -0.39 is 5.82 Å². The fourth-order valence-corrected chi connectivity index (χ4v) is 2.58. The number of halogens is 1. The van der Waals surface area contributed by atoms with Gasteiger partial charge in [0.25, 0.3) is 5.91 Å². The van der Waals surface area contributed by atoms with E-state index in [2.05, 4.69) is 10.4 Å². The van der Waals surface area contributed by atoms with Crippen molar-refractivity contribution in [1.29, 1.82) is 0 Å². The van der Waals surface area contributed by atoms with E-state index in [1.807, 2.05) is 37.3 Å². The van der Waals surface area contributed by atoms with E-state index in [0.717, 1.165) is 17.8 Å². The Morgan fingerprint density at radius 1 is 1.12 bits per heavy atom. The number of carbonyl (C=O) groups excluding carboxylic acids is 1. The second kappa shape index (κ2) is 7.08. The first kappa shape index (κ1) is 15.9. The van der Waals surface area contributed by atoms with Crippen molar-refractivity contribution in [2.45, 2.75) is 19.8 Å². The second-order valence-corrected chi connectivity index (χ2v) is 5.44. The lowest BCUT2D eigenvalue weighted by Gasteiger charge is -2.10. The van der Waals surface area contributed by atoms with Crippen molar-refractivity contribution >= 4 is 11.6 Å². The normalized spacial score (nSPS) is 10.6. The van der Waals surface area contributed by atoms with Crippen molar-refractivity contribution in [3.05, 3.63) is 77.9 Å². The molecule has 0 fully saturated rings. The van der Waals surface area contributed by atoms with Gasteiger partial charge in [0.1, 0.15) is 5.82 Å². The van der Waals surface area contributed by atoms with Crippen molar-refractivity contribution in [2.24, 2.45) is 0 Å². The van der Waals surface area contributed by atoms with Crippen LogP contribution in [0, 0.1) is 5.82 Å². The minimum atomic E-state index is -0.460. The number of amides is 1. The maximum atomic E-state index is 13.7. The Morgan fingerprint density at radius 2 is 1.83 bits per heavy atom. The molecule has 1 N–H and O–H groups in total. The van der Waals surface area contributed by atoms with Gasteiger partial charge in [-0.25, -0.2) is 9.07 Å². The molecule has 1 heterocycles. The van der Waals surface area contributed by atoms with Crippen LogP contribution in [0.2, 0.25) is 0 Å². The summed E-state index contributed by atoms with van der Waals surface area (Å²) in [6.07, 6.45) is 3.11. The lowest BCUT2D eigenvalue weighted by atomic mass is 10.1. The van der Waals surface area contributed by atoms with Crippen LogP contribution in [0.15, 0.2) is 60.8 Å². The molecule has 4 nitrogen and oxygen atoms in total. The molecule has 0 saturated heterocycles. The van der Waals surface area contributed by atoms with Crippen LogP contribution in [-0.4, -0.2) is 15.7 Å². The highest BCUT2D eigenvalue weighted by molar-refractivity contribution is 6.05. The van der Waals surface area contributed by atoms with Gasteiger partial charge in [-0.3, -0.25) is 4.79 Å². The summed E-state index contributed by atoms with van der Waals surface area (Å²) >= 11 is 0. The van der Waals surface area contributed by atoms with Crippen LogP contribution in [0.25, 0.3) is 5.69 Å². The van der Waals surface area contributed by atoms with Gasteiger partial charge in [-0.15, -0.1) is 0 Å². The predicted molar refractivity (Wildman–Crippen MR) is 91.9 cm³/mol.